The molecule has 8 nitrogen and oxygen atoms in total. The van der Waals surface area contributed by atoms with Crippen molar-refractivity contribution < 1.29 is 24.2 Å². The monoisotopic (exact) mass is 501 g/mol. The van der Waals surface area contributed by atoms with Gasteiger partial charge in [-0.2, -0.15) is 0 Å². The number of hydrogen-bond acceptors (Lipinski definition) is 6. The van der Waals surface area contributed by atoms with Crippen LogP contribution in [-0.2, 0) is 29.1 Å². The van der Waals surface area contributed by atoms with Crippen LogP contribution in [0.15, 0.2) is 84.9 Å². The summed E-state index contributed by atoms with van der Waals surface area (Å²) < 4.78 is 11.3. The molecule has 8 heteroatoms. The van der Waals surface area contributed by atoms with Crippen molar-refractivity contribution in [2.45, 2.75) is 38.1 Å². The minimum Gasteiger partial charge on any atom is -0.508 e. The first-order chi connectivity index (χ1) is 18.1. The van der Waals surface area contributed by atoms with E-state index >= 15 is 0 Å². The van der Waals surface area contributed by atoms with Crippen LogP contribution < -0.4 is 0 Å². The third kappa shape index (κ3) is 6.03. The number of phenols is 1. The van der Waals surface area contributed by atoms with Crippen LogP contribution in [-0.4, -0.2) is 63.9 Å². The molecular formula is C29H31N3O5. The molecule has 1 N–H and O–H groups in total. The summed E-state index contributed by atoms with van der Waals surface area (Å²) in [6.07, 6.45) is 0.319. The van der Waals surface area contributed by atoms with Gasteiger partial charge in [0.2, 0.25) is 0 Å². The summed E-state index contributed by atoms with van der Waals surface area (Å²) in [5.74, 6) is 0.246. The molecule has 2 aliphatic heterocycles. The van der Waals surface area contributed by atoms with Crippen molar-refractivity contribution in [1.29, 1.82) is 0 Å². The van der Waals surface area contributed by atoms with Gasteiger partial charge in [0.1, 0.15) is 19.0 Å². The molecule has 5 rings (SSSR count). The molecule has 2 bridgehead atoms. The summed E-state index contributed by atoms with van der Waals surface area (Å²) in [6.45, 7) is 2.25. The molecule has 2 unspecified atom stereocenters. The fraction of sp³-hybridized carbons (Fsp3) is 0.310. The van der Waals surface area contributed by atoms with E-state index in [0.29, 0.717) is 19.5 Å². The molecule has 0 aromatic heterocycles. The standard InChI is InChI=1S/C29H31N3O5/c33-27-13-7-12-22(16-27)14-15-30-18-25-17-26(19-30)32(29(35)37-21-24-10-5-2-6-11-24)31(25)28(34)36-20-23-8-3-1-4-9-23/h1-13,16,25-26,33H,14-15,17-21H2. The van der Waals surface area contributed by atoms with Crippen LogP contribution in [0, 0.1) is 0 Å². The third-order valence-corrected chi connectivity index (χ3v) is 6.82. The van der Waals surface area contributed by atoms with E-state index in [1.165, 1.54) is 10.0 Å². The molecule has 192 valence electrons. The molecule has 0 saturated carbocycles. The zero-order valence-electron chi connectivity index (χ0n) is 20.6. The molecule has 2 aliphatic rings. The highest BCUT2D eigenvalue weighted by Gasteiger charge is 2.50. The minimum absolute atomic E-state index is 0.127. The number of aromatic hydroxyl groups is 1. The summed E-state index contributed by atoms with van der Waals surface area (Å²) >= 11 is 0. The van der Waals surface area contributed by atoms with Crippen molar-refractivity contribution in [3.05, 3.63) is 102 Å². The molecule has 3 aromatic rings. The summed E-state index contributed by atoms with van der Waals surface area (Å²) in [5.41, 5.74) is 2.80. The second kappa shape index (κ2) is 11.3. The number of hydrazine groups is 1. The highest BCUT2D eigenvalue weighted by Crippen LogP contribution is 2.32. The topological polar surface area (TPSA) is 82.6 Å². The van der Waals surface area contributed by atoms with Crippen molar-refractivity contribution in [1.82, 2.24) is 14.9 Å². The lowest BCUT2D eigenvalue weighted by atomic mass is 10.0. The predicted molar refractivity (Wildman–Crippen MR) is 137 cm³/mol. The Morgan fingerprint density at radius 1 is 0.730 bits per heavy atom. The van der Waals surface area contributed by atoms with E-state index < -0.39 is 12.2 Å². The zero-order chi connectivity index (χ0) is 25.6. The number of benzene rings is 3. The fourth-order valence-corrected chi connectivity index (χ4v) is 5.07. The number of hydrogen-bond donors (Lipinski definition) is 1. The van der Waals surface area contributed by atoms with Gasteiger partial charge in [0.25, 0.3) is 0 Å². The van der Waals surface area contributed by atoms with E-state index in [4.69, 9.17) is 9.47 Å². The van der Waals surface area contributed by atoms with Gasteiger partial charge in [-0.25, -0.2) is 19.6 Å². The van der Waals surface area contributed by atoms with Gasteiger partial charge in [-0.3, -0.25) is 4.90 Å². The van der Waals surface area contributed by atoms with Crippen molar-refractivity contribution in [3.63, 3.8) is 0 Å². The molecule has 0 radical (unpaired) electrons. The van der Waals surface area contributed by atoms with Crippen LogP contribution in [0.25, 0.3) is 0 Å². The lowest BCUT2D eigenvalue weighted by Crippen LogP contribution is -2.50. The van der Waals surface area contributed by atoms with Gasteiger partial charge in [-0.15, -0.1) is 0 Å². The number of carbonyl (C=O) groups is 2. The summed E-state index contributed by atoms with van der Waals surface area (Å²) in [7, 11) is 0. The Hall–Kier alpha value is -4.04. The maximum atomic E-state index is 13.3. The van der Waals surface area contributed by atoms with Crippen LogP contribution >= 0.6 is 0 Å². The molecular weight excluding hydrogens is 470 g/mol. The largest absolute Gasteiger partial charge is 0.508 e. The van der Waals surface area contributed by atoms with Crippen molar-refractivity contribution in [2.75, 3.05) is 19.6 Å². The van der Waals surface area contributed by atoms with Crippen molar-refractivity contribution in [3.8, 4) is 5.75 Å². The molecule has 3 aromatic carbocycles. The minimum atomic E-state index is -0.553. The third-order valence-electron chi connectivity index (χ3n) is 6.82. The van der Waals surface area contributed by atoms with Crippen LogP contribution in [0.5, 0.6) is 5.75 Å². The Bertz CT molecular complexity index is 1140. The Morgan fingerprint density at radius 2 is 1.24 bits per heavy atom. The number of phenolic OH excluding ortho intramolecular Hbond substituents is 1. The van der Waals surface area contributed by atoms with Crippen molar-refractivity contribution >= 4 is 12.2 Å². The smallest absolute Gasteiger partial charge is 0.429 e. The molecule has 0 aliphatic carbocycles. The average Bonchev–Trinajstić information content (AvgIpc) is 3.20. The van der Waals surface area contributed by atoms with Crippen LogP contribution in [0.2, 0.25) is 0 Å². The fourth-order valence-electron chi connectivity index (χ4n) is 5.07. The number of carbonyl (C=O) groups excluding carboxylic acids is 2. The Labute approximate surface area is 216 Å². The van der Waals surface area contributed by atoms with E-state index in [1.54, 1.807) is 12.1 Å². The van der Waals surface area contributed by atoms with Crippen LogP contribution in [0.1, 0.15) is 23.1 Å². The summed E-state index contributed by atoms with van der Waals surface area (Å²) in [6, 6.07) is 25.8. The second-order valence-electron chi connectivity index (χ2n) is 9.49. The number of likely N-dealkylation sites (tertiary alicyclic amines) is 1. The molecule has 2 amide bonds. The average molecular weight is 502 g/mol. The highest BCUT2D eigenvalue weighted by atomic mass is 16.6. The van der Waals surface area contributed by atoms with Crippen molar-refractivity contribution in [2.24, 2.45) is 0 Å². The number of amides is 2. The Morgan fingerprint density at radius 3 is 1.76 bits per heavy atom. The quantitative estimate of drug-likeness (QED) is 0.510. The maximum Gasteiger partial charge on any atom is 0.429 e. The number of fused-ring (bicyclic) bond motifs is 2. The molecule has 2 saturated heterocycles. The first kappa shape index (κ1) is 24.6. The van der Waals surface area contributed by atoms with Gasteiger partial charge < -0.3 is 14.6 Å². The summed E-state index contributed by atoms with van der Waals surface area (Å²) in [5, 5.41) is 12.7. The van der Waals surface area contributed by atoms with E-state index in [1.807, 2.05) is 72.8 Å². The molecule has 2 fully saturated rings. The predicted octanol–water partition coefficient (Wildman–Crippen LogP) is 4.58. The zero-order valence-corrected chi connectivity index (χ0v) is 20.6. The lowest BCUT2D eigenvalue weighted by Gasteiger charge is -2.30. The molecule has 0 spiro atoms. The van der Waals surface area contributed by atoms with E-state index in [9.17, 15) is 14.7 Å². The Kier molecular flexibility index (Phi) is 7.56. The van der Waals surface area contributed by atoms with Gasteiger partial charge in [-0.1, -0.05) is 72.8 Å². The van der Waals surface area contributed by atoms with Gasteiger partial charge >= 0.3 is 12.2 Å². The van der Waals surface area contributed by atoms with E-state index in [0.717, 1.165) is 29.7 Å². The van der Waals surface area contributed by atoms with E-state index in [2.05, 4.69) is 4.90 Å². The van der Waals surface area contributed by atoms with Gasteiger partial charge in [-0.05, 0) is 41.7 Å². The number of nitrogens with zero attached hydrogens (tertiary/aromatic N) is 3. The van der Waals surface area contributed by atoms with Gasteiger partial charge in [0.15, 0.2) is 0 Å². The first-order valence-electron chi connectivity index (χ1n) is 12.6. The molecule has 2 heterocycles. The number of ether oxygens (including phenoxy) is 2. The second-order valence-corrected chi connectivity index (χ2v) is 9.49. The highest BCUT2D eigenvalue weighted by molar-refractivity contribution is 5.76. The van der Waals surface area contributed by atoms with E-state index in [-0.39, 0.29) is 31.0 Å². The molecule has 2 atom stereocenters. The normalized spacial score (nSPS) is 19.0. The number of rotatable bonds is 7. The maximum absolute atomic E-state index is 13.3. The van der Waals surface area contributed by atoms with Gasteiger partial charge in [0.05, 0.1) is 12.1 Å². The van der Waals surface area contributed by atoms with Crippen LogP contribution in [0.3, 0.4) is 0 Å². The SMILES string of the molecule is O=C(OCc1ccccc1)N1C2CC(CN(CCc3cccc(O)c3)C2)N1C(=O)OCc1ccccc1. The van der Waals surface area contributed by atoms with Crippen LogP contribution in [0.4, 0.5) is 9.59 Å². The molecule has 37 heavy (non-hydrogen) atoms. The Balaban J connectivity index is 1.28. The summed E-state index contributed by atoms with van der Waals surface area (Å²) in [4.78, 5) is 28.8. The number of piperidine rings is 1. The first-order valence-corrected chi connectivity index (χ1v) is 12.6. The van der Waals surface area contributed by atoms with Gasteiger partial charge in [0, 0.05) is 19.6 Å². The lowest BCUT2D eigenvalue weighted by molar-refractivity contribution is -0.0199.